The van der Waals surface area contributed by atoms with Crippen molar-refractivity contribution in [2.24, 2.45) is 0 Å². The molecule has 0 aromatic carbocycles. The molecule has 1 aromatic heterocycles. The second kappa shape index (κ2) is 8.24. The van der Waals surface area contributed by atoms with E-state index < -0.39 is 0 Å². The van der Waals surface area contributed by atoms with Gasteiger partial charge in [-0.15, -0.1) is 5.10 Å². The van der Waals surface area contributed by atoms with Crippen LogP contribution in [0.25, 0.3) is 0 Å². The summed E-state index contributed by atoms with van der Waals surface area (Å²) in [6, 6.07) is 0. The third-order valence-electron chi connectivity index (χ3n) is 3.11. The number of hydrogen-bond donors (Lipinski definition) is 1. The van der Waals surface area contributed by atoms with Gasteiger partial charge in [-0.3, -0.25) is 0 Å². The summed E-state index contributed by atoms with van der Waals surface area (Å²) in [6.45, 7) is 6.92. The molecule has 0 bridgehead atoms. The predicted molar refractivity (Wildman–Crippen MR) is 71.8 cm³/mol. The topological polar surface area (TPSA) is 61.2 Å². The van der Waals surface area contributed by atoms with E-state index in [0.29, 0.717) is 19.3 Å². The van der Waals surface area contributed by atoms with E-state index in [2.05, 4.69) is 22.6 Å². The maximum absolute atomic E-state index is 5.60. The molecule has 6 heteroatoms. The highest BCUT2D eigenvalue weighted by Gasteiger charge is 2.15. The van der Waals surface area contributed by atoms with Crippen LogP contribution in [0.3, 0.4) is 0 Å². The highest BCUT2D eigenvalue weighted by Crippen LogP contribution is 2.11. The molecule has 19 heavy (non-hydrogen) atoms. The lowest BCUT2D eigenvalue weighted by Gasteiger charge is -2.09. The Balaban J connectivity index is 1.57. The average molecular weight is 268 g/mol. The smallest absolute Gasteiger partial charge is 0.0964 e. The van der Waals surface area contributed by atoms with Crippen LogP contribution in [0, 0.1) is 0 Å². The highest BCUT2D eigenvalue weighted by atomic mass is 16.5. The fourth-order valence-corrected chi connectivity index (χ4v) is 2.07. The first-order valence-corrected chi connectivity index (χ1v) is 7.17. The minimum atomic E-state index is 0.296. The summed E-state index contributed by atoms with van der Waals surface area (Å²) < 4.78 is 12.9. The van der Waals surface area contributed by atoms with Crippen LogP contribution >= 0.6 is 0 Å². The molecule has 2 heterocycles. The van der Waals surface area contributed by atoms with Crippen molar-refractivity contribution in [3.63, 3.8) is 0 Å². The van der Waals surface area contributed by atoms with Gasteiger partial charge < -0.3 is 14.8 Å². The average Bonchev–Trinajstić information content (AvgIpc) is 3.06. The Morgan fingerprint density at radius 1 is 1.58 bits per heavy atom. The molecule has 1 N–H and O–H groups in total. The van der Waals surface area contributed by atoms with Crippen LogP contribution in [0.2, 0.25) is 0 Å². The van der Waals surface area contributed by atoms with Crippen molar-refractivity contribution in [3.05, 3.63) is 11.9 Å². The second-order valence-electron chi connectivity index (χ2n) is 4.86. The molecular weight excluding hydrogens is 244 g/mol. The molecule has 1 unspecified atom stereocenters. The SMILES string of the molecule is CCCNCc1cn(CCOCC2CCCO2)nn1. The molecule has 0 amide bonds. The number of ether oxygens (including phenoxy) is 2. The standard InChI is InChI=1S/C13H24N4O2/c1-2-5-14-9-12-10-17(16-15-12)6-8-18-11-13-4-3-7-19-13/h10,13-14H,2-9,11H2,1H3. The molecular formula is C13H24N4O2. The molecule has 1 aliphatic heterocycles. The first-order chi connectivity index (χ1) is 9.38. The minimum Gasteiger partial charge on any atom is -0.377 e. The predicted octanol–water partition coefficient (Wildman–Crippen LogP) is 0.973. The van der Waals surface area contributed by atoms with Crippen LogP contribution in [-0.4, -0.2) is 47.5 Å². The van der Waals surface area contributed by atoms with Gasteiger partial charge in [0.2, 0.25) is 0 Å². The van der Waals surface area contributed by atoms with Crippen LogP contribution in [0.1, 0.15) is 31.9 Å². The van der Waals surface area contributed by atoms with Gasteiger partial charge in [0.15, 0.2) is 0 Å². The molecule has 1 aliphatic rings. The summed E-state index contributed by atoms with van der Waals surface area (Å²) >= 11 is 0. The van der Waals surface area contributed by atoms with E-state index >= 15 is 0 Å². The summed E-state index contributed by atoms with van der Waals surface area (Å²) in [6.07, 6.45) is 5.68. The molecule has 1 aromatic rings. The number of aromatic nitrogens is 3. The van der Waals surface area contributed by atoms with E-state index in [9.17, 15) is 0 Å². The molecule has 0 radical (unpaired) electrons. The molecule has 0 aliphatic carbocycles. The van der Waals surface area contributed by atoms with E-state index in [1.165, 1.54) is 0 Å². The Hall–Kier alpha value is -0.980. The highest BCUT2D eigenvalue weighted by molar-refractivity contribution is 4.91. The van der Waals surface area contributed by atoms with Gasteiger partial charge in [-0.1, -0.05) is 12.1 Å². The Bertz CT molecular complexity index is 350. The van der Waals surface area contributed by atoms with Gasteiger partial charge >= 0.3 is 0 Å². The lowest BCUT2D eigenvalue weighted by molar-refractivity contribution is 0.0141. The van der Waals surface area contributed by atoms with Crippen LogP contribution < -0.4 is 5.32 Å². The van der Waals surface area contributed by atoms with E-state index in [1.54, 1.807) is 0 Å². The van der Waals surface area contributed by atoms with Gasteiger partial charge in [-0.2, -0.15) is 0 Å². The quantitative estimate of drug-likeness (QED) is 0.676. The van der Waals surface area contributed by atoms with Crippen molar-refractivity contribution in [2.75, 3.05) is 26.4 Å². The molecule has 0 saturated carbocycles. The molecule has 0 spiro atoms. The number of rotatable bonds is 9. The van der Waals surface area contributed by atoms with E-state index in [0.717, 1.165) is 51.2 Å². The van der Waals surface area contributed by atoms with Gasteiger partial charge in [-0.05, 0) is 25.8 Å². The summed E-state index contributed by atoms with van der Waals surface area (Å²) in [5.41, 5.74) is 0.979. The normalized spacial score (nSPS) is 19.1. The molecule has 1 fully saturated rings. The monoisotopic (exact) mass is 268 g/mol. The van der Waals surface area contributed by atoms with Crippen molar-refractivity contribution >= 4 is 0 Å². The summed E-state index contributed by atoms with van der Waals surface area (Å²) in [5.74, 6) is 0. The van der Waals surface area contributed by atoms with Crippen LogP contribution in [0.15, 0.2) is 6.20 Å². The fourth-order valence-electron chi connectivity index (χ4n) is 2.07. The van der Waals surface area contributed by atoms with Crippen molar-refractivity contribution in [3.8, 4) is 0 Å². The lowest BCUT2D eigenvalue weighted by Crippen LogP contribution is -2.16. The molecule has 1 atom stereocenters. The van der Waals surface area contributed by atoms with Gasteiger partial charge in [0.1, 0.15) is 0 Å². The number of nitrogens with zero attached hydrogens (tertiary/aromatic N) is 3. The molecule has 108 valence electrons. The van der Waals surface area contributed by atoms with Crippen LogP contribution in [0.4, 0.5) is 0 Å². The van der Waals surface area contributed by atoms with Gasteiger partial charge in [0.05, 0.1) is 31.6 Å². The fraction of sp³-hybridized carbons (Fsp3) is 0.846. The largest absolute Gasteiger partial charge is 0.377 e. The zero-order valence-electron chi connectivity index (χ0n) is 11.7. The van der Waals surface area contributed by atoms with Crippen molar-refractivity contribution in [1.29, 1.82) is 0 Å². The Labute approximate surface area is 114 Å². The number of hydrogen-bond acceptors (Lipinski definition) is 5. The minimum absolute atomic E-state index is 0.296. The van der Waals surface area contributed by atoms with E-state index in [1.807, 2.05) is 10.9 Å². The van der Waals surface area contributed by atoms with Crippen molar-refractivity contribution in [2.45, 2.75) is 45.4 Å². The van der Waals surface area contributed by atoms with Gasteiger partial charge in [0.25, 0.3) is 0 Å². The summed E-state index contributed by atoms with van der Waals surface area (Å²) in [7, 11) is 0. The summed E-state index contributed by atoms with van der Waals surface area (Å²) in [4.78, 5) is 0. The van der Waals surface area contributed by atoms with Crippen molar-refractivity contribution < 1.29 is 9.47 Å². The molecule has 1 saturated heterocycles. The van der Waals surface area contributed by atoms with Gasteiger partial charge in [-0.25, -0.2) is 4.68 Å². The zero-order chi connectivity index (χ0) is 13.3. The first-order valence-electron chi connectivity index (χ1n) is 7.17. The third kappa shape index (κ3) is 5.26. The zero-order valence-corrected chi connectivity index (χ0v) is 11.7. The molecule has 2 rings (SSSR count). The van der Waals surface area contributed by atoms with Crippen molar-refractivity contribution in [1.82, 2.24) is 20.3 Å². The van der Waals surface area contributed by atoms with Crippen LogP contribution in [0.5, 0.6) is 0 Å². The van der Waals surface area contributed by atoms with Gasteiger partial charge in [0, 0.05) is 19.3 Å². The first kappa shape index (κ1) is 14.4. The van der Waals surface area contributed by atoms with Crippen LogP contribution in [-0.2, 0) is 22.6 Å². The molecule has 6 nitrogen and oxygen atoms in total. The second-order valence-corrected chi connectivity index (χ2v) is 4.86. The number of nitrogens with one attached hydrogen (secondary N) is 1. The Morgan fingerprint density at radius 3 is 3.32 bits per heavy atom. The Morgan fingerprint density at radius 2 is 2.53 bits per heavy atom. The lowest BCUT2D eigenvalue weighted by atomic mass is 10.2. The van der Waals surface area contributed by atoms with E-state index in [-0.39, 0.29) is 0 Å². The maximum atomic E-state index is 5.60. The summed E-state index contributed by atoms with van der Waals surface area (Å²) in [5, 5.41) is 11.5. The van der Waals surface area contributed by atoms with E-state index in [4.69, 9.17) is 9.47 Å². The Kier molecular flexibility index (Phi) is 6.26. The third-order valence-corrected chi connectivity index (χ3v) is 3.11. The maximum Gasteiger partial charge on any atom is 0.0964 e.